The Balaban J connectivity index is 1.65. The van der Waals surface area contributed by atoms with Gasteiger partial charge in [0.15, 0.2) is 5.65 Å². The second-order valence-corrected chi connectivity index (χ2v) is 7.83. The van der Waals surface area contributed by atoms with Gasteiger partial charge in [-0.15, -0.1) is 0 Å². The third-order valence-corrected chi connectivity index (χ3v) is 5.77. The van der Waals surface area contributed by atoms with Gasteiger partial charge < -0.3 is 14.6 Å². The van der Waals surface area contributed by atoms with Crippen molar-refractivity contribution in [1.82, 2.24) is 19.0 Å². The zero-order valence-electron chi connectivity index (χ0n) is 16.6. The fourth-order valence-electron chi connectivity index (χ4n) is 4.23. The molecule has 1 amide bonds. The van der Waals surface area contributed by atoms with Crippen LogP contribution in [-0.4, -0.2) is 49.2 Å². The highest BCUT2D eigenvalue weighted by Crippen LogP contribution is 2.34. The number of nitrogens with zero attached hydrogens (tertiary/aromatic N) is 4. The average Bonchev–Trinajstić information content (AvgIpc) is 3.42. The molecule has 2 aromatic carbocycles. The summed E-state index contributed by atoms with van der Waals surface area (Å²) in [5.74, 6) is -0.156. The number of aliphatic hydroxyl groups is 1. The van der Waals surface area contributed by atoms with Crippen LogP contribution in [0, 0.1) is 0 Å². The van der Waals surface area contributed by atoms with E-state index in [1.807, 2.05) is 11.6 Å². The number of rotatable bonds is 2. The van der Waals surface area contributed by atoms with E-state index in [2.05, 4.69) is 4.98 Å². The van der Waals surface area contributed by atoms with Crippen molar-refractivity contribution in [2.75, 3.05) is 13.1 Å². The maximum absolute atomic E-state index is 13.0. The number of hydrogen-bond donors (Lipinski definition) is 1. The highest BCUT2D eigenvalue weighted by molar-refractivity contribution is 6.09. The molecule has 1 fully saturated rings. The standard InChI is InChI=1S/C22H19F3N4O2/c1-27-12-26-20-19(27)17-10-13(21(31)28-9-8-16(30)11-28)2-7-18(17)29(20)15-5-3-14(4-6-15)22(23,24)25/h2-7,10,12,16,30H,8-9,11H2,1H3/t16-/m1/s1. The zero-order valence-corrected chi connectivity index (χ0v) is 16.6. The average molecular weight is 428 g/mol. The Labute approximate surface area is 175 Å². The Morgan fingerprint density at radius 2 is 1.90 bits per heavy atom. The number of aromatic nitrogens is 3. The number of carbonyl (C=O) groups excluding carboxylic acids is 1. The van der Waals surface area contributed by atoms with Gasteiger partial charge in [0, 0.05) is 36.8 Å². The molecule has 0 spiro atoms. The number of fused-ring (bicyclic) bond motifs is 3. The molecule has 1 N–H and O–H groups in total. The van der Waals surface area contributed by atoms with Crippen molar-refractivity contribution >= 4 is 28.0 Å². The van der Waals surface area contributed by atoms with Gasteiger partial charge in [0.25, 0.3) is 5.91 Å². The number of aryl methyl sites for hydroxylation is 1. The summed E-state index contributed by atoms with van der Waals surface area (Å²) >= 11 is 0. The monoisotopic (exact) mass is 428 g/mol. The first-order valence-corrected chi connectivity index (χ1v) is 9.84. The Bertz CT molecular complexity index is 1300. The van der Waals surface area contributed by atoms with Crippen LogP contribution >= 0.6 is 0 Å². The largest absolute Gasteiger partial charge is 0.416 e. The summed E-state index contributed by atoms with van der Waals surface area (Å²) in [6, 6.07) is 10.2. The fourth-order valence-corrected chi connectivity index (χ4v) is 4.23. The molecule has 3 heterocycles. The molecule has 1 saturated heterocycles. The summed E-state index contributed by atoms with van der Waals surface area (Å²) < 4.78 is 42.5. The summed E-state index contributed by atoms with van der Waals surface area (Å²) in [6.07, 6.45) is -2.71. The van der Waals surface area contributed by atoms with Crippen LogP contribution in [0.3, 0.4) is 0 Å². The first kappa shape index (κ1) is 19.6. The molecule has 4 aromatic rings. The molecule has 1 atom stereocenters. The van der Waals surface area contributed by atoms with Gasteiger partial charge >= 0.3 is 6.18 Å². The molecule has 31 heavy (non-hydrogen) atoms. The van der Waals surface area contributed by atoms with E-state index in [-0.39, 0.29) is 5.91 Å². The predicted octanol–water partition coefficient (Wildman–Crippen LogP) is 3.74. The Kier molecular flexibility index (Phi) is 4.33. The number of carbonyl (C=O) groups is 1. The van der Waals surface area contributed by atoms with Gasteiger partial charge in [0.2, 0.25) is 0 Å². The molecule has 0 radical (unpaired) electrons. The SMILES string of the molecule is Cn1cnc2c1c1cc(C(=O)N3CC[C@@H](O)C3)ccc1n2-c1ccc(C(F)(F)F)cc1. The molecular weight excluding hydrogens is 409 g/mol. The number of halogens is 3. The van der Waals surface area contributed by atoms with Gasteiger partial charge in [0.05, 0.1) is 29.0 Å². The molecule has 6 nitrogen and oxygen atoms in total. The van der Waals surface area contributed by atoms with Crippen molar-refractivity contribution in [3.8, 4) is 5.69 Å². The van der Waals surface area contributed by atoms with Crippen molar-refractivity contribution < 1.29 is 23.1 Å². The minimum Gasteiger partial charge on any atom is -0.391 e. The van der Waals surface area contributed by atoms with Crippen molar-refractivity contribution in [3.63, 3.8) is 0 Å². The van der Waals surface area contributed by atoms with E-state index in [9.17, 15) is 23.1 Å². The number of hydrogen-bond acceptors (Lipinski definition) is 3. The lowest BCUT2D eigenvalue weighted by Gasteiger charge is -2.15. The minimum atomic E-state index is -4.41. The summed E-state index contributed by atoms with van der Waals surface area (Å²) in [7, 11) is 1.83. The van der Waals surface area contributed by atoms with Gasteiger partial charge in [-0.05, 0) is 48.9 Å². The topological polar surface area (TPSA) is 63.3 Å². The van der Waals surface area contributed by atoms with E-state index in [4.69, 9.17) is 0 Å². The van der Waals surface area contributed by atoms with Gasteiger partial charge in [-0.1, -0.05) is 0 Å². The van der Waals surface area contributed by atoms with E-state index >= 15 is 0 Å². The summed E-state index contributed by atoms with van der Waals surface area (Å²) in [4.78, 5) is 18.9. The molecule has 1 aliphatic rings. The third-order valence-electron chi connectivity index (χ3n) is 5.77. The molecule has 0 unspecified atom stereocenters. The second-order valence-electron chi connectivity index (χ2n) is 7.83. The summed E-state index contributed by atoms with van der Waals surface area (Å²) in [5, 5.41) is 10.5. The van der Waals surface area contributed by atoms with Gasteiger partial charge in [-0.25, -0.2) is 4.98 Å². The van der Waals surface area contributed by atoms with Crippen LogP contribution in [0.1, 0.15) is 22.3 Å². The molecule has 0 aliphatic carbocycles. The molecule has 5 rings (SSSR count). The van der Waals surface area contributed by atoms with Crippen LogP contribution in [0.25, 0.3) is 27.8 Å². The lowest BCUT2D eigenvalue weighted by atomic mass is 10.1. The number of alkyl halides is 3. The van der Waals surface area contributed by atoms with Crippen molar-refractivity contribution in [1.29, 1.82) is 0 Å². The van der Waals surface area contributed by atoms with Gasteiger partial charge in [-0.2, -0.15) is 13.2 Å². The smallest absolute Gasteiger partial charge is 0.391 e. The zero-order chi connectivity index (χ0) is 21.9. The maximum atomic E-state index is 13.0. The Morgan fingerprint density at radius 3 is 2.55 bits per heavy atom. The van der Waals surface area contributed by atoms with Gasteiger partial charge in [0.1, 0.15) is 0 Å². The molecule has 0 bridgehead atoms. The normalized spacial score (nSPS) is 17.2. The highest BCUT2D eigenvalue weighted by Gasteiger charge is 2.30. The van der Waals surface area contributed by atoms with Crippen molar-refractivity contribution in [2.45, 2.75) is 18.7 Å². The Morgan fingerprint density at radius 1 is 1.16 bits per heavy atom. The molecule has 9 heteroatoms. The van der Waals surface area contributed by atoms with Gasteiger partial charge in [-0.3, -0.25) is 9.36 Å². The molecule has 160 valence electrons. The van der Waals surface area contributed by atoms with E-state index in [0.717, 1.165) is 28.6 Å². The number of imidazole rings is 1. The minimum absolute atomic E-state index is 0.156. The lowest BCUT2D eigenvalue weighted by molar-refractivity contribution is -0.137. The molecule has 1 aliphatic heterocycles. The van der Waals surface area contributed by atoms with E-state index < -0.39 is 17.8 Å². The molecular formula is C22H19F3N4O2. The lowest BCUT2D eigenvalue weighted by Crippen LogP contribution is -2.29. The fraction of sp³-hybridized carbons (Fsp3) is 0.273. The first-order chi connectivity index (χ1) is 14.7. The first-order valence-electron chi connectivity index (χ1n) is 9.84. The predicted molar refractivity (Wildman–Crippen MR) is 109 cm³/mol. The third kappa shape index (κ3) is 3.16. The number of likely N-dealkylation sites (tertiary alicyclic amines) is 1. The van der Waals surface area contributed by atoms with E-state index in [0.29, 0.717) is 36.4 Å². The van der Waals surface area contributed by atoms with Crippen molar-refractivity contribution in [2.24, 2.45) is 7.05 Å². The van der Waals surface area contributed by atoms with Crippen LogP contribution in [0.5, 0.6) is 0 Å². The number of β-amino-alcohol motifs (C(OH)–C–C–N with tert-alkyl or cyclic N) is 1. The van der Waals surface area contributed by atoms with Crippen LogP contribution in [-0.2, 0) is 13.2 Å². The molecule has 2 aromatic heterocycles. The van der Waals surface area contributed by atoms with Crippen LogP contribution in [0.4, 0.5) is 13.2 Å². The number of amides is 1. The van der Waals surface area contributed by atoms with Crippen LogP contribution < -0.4 is 0 Å². The number of aliphatic hydroxyl groups excluding tert-OH is 1. The highest BCUT2D eigenvalue weighted by atomic mass is 19.4. The van der Waals surface area contributed by atoms with Crippen molar-refractivity contribution in [3.05, 3.63) is 59.9 Å². The second kappa shape index (κ2) is 6.84. The molecule has 0 saturated carbocycles. The van der Waals surface area contributed by atoms with Crippen LogP contribution in [0.2, 0.25) is 0 Å². The summed E-state index contributed by atoms with van der Waals surface area (Å²) in [6.45, 7) is 0.816. The maximum Gasteiger partial charge on any atom is 0.416 e. The number of benzene rings is 2. The van der Waals surface area contributed by atoms with Crippen LogP contribution in [0.15, 0.2) is 48.8 Å². The summed E-state index contributed by atoms with van der Waals surface area (Å²) in [5.41, 5.74) is 2.45. The Hall–Kier alpha value is -3.33. The van der Waals surface area contributed by atoms with E-state index in [1.54, 1.807) is 34.0 Å². The quantitative estimate of drug-likeness (QED) is 0.529. The van der Waals surface area contributed by atoms with E-state index in [1.165, 1.54) is 12.1 Å².